The molecule has 4 rings (SSSR count). The molecule has 0 saturated heterocycles. The Balaban J connectivity index is 1.52. The molecule has 7 heteroatoms. The van der Waals surface area contributed by atoms with Gasteiger partial charge < -0.3 is 15.3 Å². The summed E-state index contributed by atoms with van der Waals surface area (Å²) >= 11 is 6.22. The molecular formula is C28H34ClN3O3. The molecule has 2 unspecified atom stereocenters. The Kier molecular flexibility index (Phi) is 7.92. The van der Waals surface area contributed by atoms with Gasteiger partial charge in [0.1, 0.15) is 11.4 Å². The highest BCUT2D eigenvalue weighted by Crippen LogP contribution is 2.44. The molecule has 0 aromatic heterocycles. The summed E-state index contributed by atoms with van der Waals surface area (Å²) in [5.41, 5.74) is 2.41. The first kappa shape index (κ1) is 25.4. The lowest BCUT2D eigenvalue weighted by molar-refractivity contribution is -0.130. The summed E-state index contributed by atoms with van der Waals surface area (Å²) in [6.45, 7) is 5.56. The number of aliphatic hydroxyl groups is 1. The van der Waals surface area contributed by atoms with Crippen LogP contribution in [0.2, 0.25) is 5.02 Å². The Bertz CT molecular complexity index is 1090. The number of amides is 2. The zero-order valence-electron chi connectivity index (χ0n) is 20.5. The minimum absolute atomic E-state index is 0.0338. The number of halogens is 1. The van der Waals surface area contributed by atoms with Crippen molar-refractivity contribution in [1.29, 1.82) is 0 Å². The van der Waals surface area contributed by atoms with Gasteiger partial charge in [0.25, 0.3) is 11.8 Å². The summed E-state index contributed by atoms with van der Waals surface area (Å²) in [4.78, 5) is 33.0. The van der Waals surface area contributed by atoms with E-state index in [9.17, 15) is 9.59 Å². The molecule has 1 aliphatic carbocycles. The van der Waals surface area contributed by atoms with E-state index in [1.807, 2.05) is 47.4 Å². The Morgan fingerprint density at radius 1 is 1.17 bits per heavy atom. The number of aliphatic hydroxyl groups excluding tert-OH is 1. The highest BCUT2D eigenvalue weighted by molar-refractivity contribution is 6.47. The van der Waals surface area contributed by atoms with Gasteiger partial charge in [-0.05, 0) is 73.8 Å². The Labute approximate surface area is 212 Å². The summed E-state index contributed by atoms with van der Waals surface area (Å²) in [5, 5.41) is 12.3. The first-order chi connectivity index (χ1) is 16.8. The minimum Gasteiger partial charge on any atom is -0.396 e. The highest BCUT2D eigenvalue weighted by Gasteiger charge is 2.50. The molecule has 1 aliphatic heterocycles. The predicted octanol–water partition coefficient (Wildman–Crippen LogP) is 4.48. The van der Waals surface area contributed by atoms with Crippen molar-refractivity contribution in [3.8, 4) is 0 Å². The third kappa shape index (κ3) is 5.76. The fourth-order valence-corrected chi connectivity index (χ4v) is 5.77. The van der Waals surface area contributed by atoms with E-state index in [1.54, 1.807) is 6.07 Å². The molecule has 1 saturated carbocycles. The van der Waals surface area contributed by atoms with Crippen molar-refractivity contribution in [2.45, 2.75) is 51.6 Å². The van der Waals surface area contributed by atoms with Gasteiger partial charge in [0, 0.05) is 35.8 Å². The normalized spacial score (nSPS) is 24.1. The molecule has 2 amide bonds. The van der Waals surface area contributed by atoms with Crippen LogP contribution < -0.4 is 5.32 Å². The molecular weight excluding hydrogens is 462 g/mol. The fraction of sp³-hybridized carbons (Fsp3) is 0.464. The topological polar surface area (TPSA) is 82.0 Å². The van der Waals surface area contributed by atoms with Crippen molar-refractivity contribution in [1.82, 2.24) is 10.2 Å². The molecule has 186 valence electrons. The molecule has 0 bridgehead atoms. The maximum Gasteiger partial charge on any atom is 0.274 e. The van der Waals surface area contributed by atoms with E-state index in [2.05, 4.69) is 19.2 Å². The molecule has 1 fully saturated rings. The minimum atomic E-state index is -0.516. The number of nitrogens with zero attached hydrogens (tertiary/aromatic N) is 2. The third-order valence-corrected chi connectivity index (χ3v) is 7.22. The molecule has 2 aromatic rings. The third-order valence-electron chi connectivity index (χ3n) is 6.98. The SMILES string of the molecule is CC1CC(C)CC2(C1)N=C(c1cccc(Cl)c1)C(=O)N2CCc1ccc(C(=O)NCCCO)cc1. The van der Waals surface area contributed by atoms with E-state index in [0.29, 0.717) is 54.1 Å². The quantitative estimate of drug-likeness (QED) is 0.530. The molecule has 35 heavy (non-hydrogen) atoms. The van der Waals surface area contributed by atoms with Gasteiger partial charge in [-0.15, -0.1) is 0 Å². The van der Waals surface area contributed by atoms with E-state index in [-0.39, 0.29) is 18.4 Å². The van der Waals surface area contributed by atoms with Crippen molar-refractivity contribution < 1.29 is 14.7 Å². The van der Waals surface area contributed by atoms with Crippen LogP contribution in [0.5, 0.6) is 0 Å². The van der Waals surface area contributed by atoms with Gasteiger partial charge >= 0.3 is 0 Å². The largest absolute Gasteiger partial charge is 0.396 e. The van der Waals surface area contributed by atoms with Gasteiger partial charge in [-0.3, -0.25) is 14.6 Å². The van der Waals surface area contributed by atoms with Crippen LogP contribution in [-0.2, 0) is 11.2 Å². The summed E-state index contributed by atoms with van der Waals surface area (Å²) < 4.78 is 0. The number of carbonyl (C=O) groups excluding carboxylic acids is 2. The summed E-state index contributed by atoms with van der Waals surface area (Å²) in [6.07, 6.45) is 4.08. The lowest BCUT2D eigenvalue weighted by Crippen LogP contribution is -2.51. The monoisotopic (exact) mass is 495 g/mol. The van der Waals surface area contributed by atoms with E-state index >= 15 is 0 Å². The average molecular weight is 496 g/mol. The van der Waals surface area contributed by atoms with Gasteiger partial charge in [-0.25, -0.2) is 0 Å². The standard InChI is InChI=1S/C28H34ClN3O3/c1-19-15-20(2)18-28(17-19)31-25(23-5-3-6-24(29)16-23)27(35)32(28)13-11-21-7-9-22(10-8-21)26(34)30-12-4-14-33/h3,5-10,16,19-20,33H,4,11-15,17-18H2,1-2H3,(H,30,34). The van der Waals surface area contributed by atoms with Crippen molar-refractivity contribution >= 4 is 29.1 Å². The molecule has 6 nitrogen and oxygen atoms in total. The van der Waals surface area contributed by atoms with Crippen LogP contribution in [0.15, 0.2) is 53.5 Å². The number of aliphatic imine (C=N–C) groups is 1. The van der Waals surface area contributed by atoms with Gasteiger partial charge in [-0.2, -0.15) is 0 Å². The van der Waals surface area contributed by atoms with E-state index in [0.717, 1.165) is 30.4 Å². The summed E-state index contributed by atoms with van der Waals surface area (Å²) in [6, 6.07) is 14.9. The van der Waals surface area contributed by atoms with Crippen LogP contribution >= 0.6 is 11.6 Å². The molecule has 0 radical (unpaired) electrons. The Morgan fingerprint density at radius 2 is 1.89 bits per heavy atom. The van der Waals surface area contributed by atoms with Crippen molar-refractivity contribution in [3.05, 3.63) is 70.2 Å². The smallest absolute Gasteiger partial charge is 0.274 e. The maximum atomic E-state index is 13.7. The van der Waals surface area contributed by atoms with Crippen LogP contribution in [-0.4, -0.2) is 52.9 Å². The van der Waals surface area contributed by atoms with Crippen LogP contribution in [0.4, 0.5) is 0 Å². The zero-order valence-corrected chi connectivity index (χ0v) is 21.2. The lowest BCUT2D eigenvalue weighted by atomic mass is 9.76. The Hall–Kier alpha value is -2.70. The highest BCUT2D eigenvalue weighted by atomic mass is 35.5. The molecule has 2 aliphatic rings. The zero-order chi connectivity index (χ0) is 25.0. The van der Waals surface area contributed by atoms with E-state index in [4.69, 9.17) is 21.7 Å². The van der Waals surface area contributed by atoms with E-state index in [1.165, 1.54) is 0 Å². The second-order valence-corrected chi connectivity index (χ2v) is 10.5. The molecule has 2 atom stereocenters. The van der Waals surface area contributed by atoms with Crippen LogP contribution in [0.3, 0.4) is 0 Å². The first-order valence-corrected chi connectivity index (χ1v) is 12.8. The van der Waals surface area contributed by atoms with Gasteiger partial charge in [-0.1, -0.05) is 49.7 Å². The molecule has 1 heterocycles. The number of rotatable bonds is 8. The van der Waals surface area contributed by atoms with Crippen LogP contribution in [0, 0.1) is 11.8 Å². The summed E-state index contributed by atoms with van der Waals surface area (Å²) in [7, 11) is 0. The van der Waals surface area contributed by atoms with Crippen LogP contribution in [0.25, 0.3) is 0 Å². The maximum absolute atomic E-state index is 13.7. The van der Waals surface area contributed by atoms with E-state index < -0.39 is 5.66 Å². The lowest BCUT2D eigenvalue weighted by Gasteiger charge is -2.44. The number of nitrogens with one attached hydrogen (secondary N) is 1. The van der Waals surface area contributed by atoms with Crippen molar-refractivity contribution in [2.24, 2.45) is 16.8 Å². The fourth-order valence-electron chi connectivity index (χ4n) is 5.58. The molecule has 2 N–H and O–H groups in total. The number of benzene rings is 2. The van der Waals surface area contributed by atoms with Crippen molar-refractivity contribution in [2.75, 3.05) is 19.7 Å². The average Bonchev–Trinajstić information content (AvgIpc) is 3.07. The summed E-state index contributed by atoms with van der Waals surface area (Å²) in [5.74, 6) is 0.789. The number of hydrogen-bond donors (Lipinski definition) is 2. The second-order valence-electron chi connectivity index (χ2n) is 10.0. The number of carbonyl (C=O) groups is 2. The predicted molar refractivity (Wildman–Crippen MR) is 139 cm³/mol. The van der Waals surface area contributed by atoms with Gasteiger partial charge in [0.05, 0.1) is 0 Å². The Morgan fingerprint density at radius 3 is 2.54 bits per heavy atom. The molecule has 2 aromatic carbocycles. The van der Waals surface area contributed by atoms with Crippen molar-refractivity contribution in [3.63, 3.8) is 0 Å². The number of hydrogen-bond acceptors (Lipinski definition) is 4. The van der Waals surface area contributed by atoms with Crippen LogP contribution in [0.1, 0.15) is 61.0 Å². The second kappa shape index (κ2) is 10.9. The molecule has 1 spiro atoms. The van der Waals surface area contributed by atoms with Gasteiger partial charge in [0.2, 0.25) is 0 Å². The first-order valence-electron chi connectivity index (χ1n) is 12.5. The van der Waals surface area contributed by atoms with Gasteiger partial charge in [0.15, 0.2) is 0 Å².